The van der Waals surface area contributed by atoms with Crippen molar-refractivity contribution in [1.82, 2.24) is 5.32 Å². The van der Waals surface area contributed by atoms with Gasteiger partial charge in [0.2, 0.25) is 0 Å². The average molecular weight is 490 g/mol. The molecule has 5 nitrogen and oxygen atoms in total. The van der Waals surface area contributed by atoms with Gasteiger partial charge in [-0.05, 0) is 63.4 Å². The molecule has 0 amide bonds. The van der Waals surface area contributed by atoms with Crippen LogP contribution in [0.25, 0.3) is 0 Å². The maximum Gasteiger partial charge on any atom is 0.300 e. The number of rotatable bonds is 10. The van der Waals surface area contributed by atoms with Crippen molar-refractivity contribution in [2.45, 2.75) is 105 Å². The van der Waals surface area contributed by atoms with Crippen LogP contribution < -0.4 is 5.32 Å². The molecule has 0 fully saturated rings. The Morgan fingerprint density at radius 1 is 0.861 bits per heavy atom. The first-order valence-electron chi connectivity index (χ1n) is 12.8. The molecule has 0 saturated carbocycles. The molecule has 1 heterocycles. The van der Waals surface area contributed by atoms with Crippen molar-refractivity contribution in [3.05, 3.63) is 35.9 Å². The zero-order valence-corrected chi connectivity index (χ0v) is 23.0. The van der Waals surface area contributed by atoms with Crippen molar-refractivity contribution in [2.75, 3.05) is 0 Å². The summed E-state index contributed by atoms with van der Waals surface area (Å²) < 4.78 is 0. The van der Waals surface area contributed by atoms with Gasteiger partial charge in [-0.15, -0.1) is 0 Å². The van der Waals surface area contributed by atoms with Crippen LogP contribution in [0.3, 0.4) is 0 Å². The quantitative estimate of drug-likeness (QED) is 0.286. The van der Waals surface area contributed by atoms with E-state index in [2.05, 4.69) is 91.9 Å². The second kappa shape index (κ2) is 20.8. The van der Waals surface area contributed by atoms with Gasteiger partial charge in [0.15, 0.2) is 0 Å². The van der Waals surface area contributed by atoms with Crippen LogP contribution in [0.15, 0.2) is 40.3 Å². The summed E-state index contributed by atoms with van der Waals surface area (Å²) in [7, 11) is 0. The lowest BCUT2D eigenvalue weighted by Gasteiger charge is -2.26. The van der Waals surface area contributed by atoms with Crippen LogP contribution in [0.1, 0.15) is 98.5 Å². The van der Waals surface area contributed by atoms with Crippen molar-refractivity contribution < 1.29 is 9.90 Å². The number of nitrogens with zero attached hydrogens (tertiary/aromatic N) is 2. The smallest absolute Gasteiger partial charge is 0.300 e. The molecule has 194 valence electrons. The fraction of sp³-hybridized carbons (Fsp3) is 0.516. The normalized spacial score (nSPS) is 12.4. The van der Waals surface area contributed by atoms with Crippen molar-refractivity contribution >= 4 is 17.6 Å². The maximum absolute atomic E-state index is 9.00. The average Bonchev–Trinajstić information content (AvgIpc) is 2.81. The highest BCUT2D eigenvalue weighted by atomic mass is 16.4. The number of hydrogen-bond acceptors (Lipinski definition) is 4. The Labute approximate surface area is 219 Å². The number of nitrogens with one attached hydrogen (secondary N) is 1. The first-order valence-corrected chi connectivity index (χ1v) is 12.8. The summed E-state index contributed by atoms with van der Waals surface area (Å²) >= 11 is 0. The van der Waals surface area contributed by atoms with Crippen LogP contribution in [0.4, 0.5) is 0 Å². The van der Waals surface area contributed by atoms with Crippen LogP contribution in [0.2, 0.25) is 0 Å². The Hall–Kier alpha value is -3.49. The van der Waals surface area contributed by atoms with Crippen LogP contribution >= 0.6 is 0 Å². The molecule has 2 N–H and O–H groups in total. The Bertz CT molecular complexity index is 976. The van der Waals surface area contributed by atoms with Gasteiger partial charge in [0, 0.05) is 19.8 Å². The Balaban J connectivity index is 0.000000849. The van der Waals surface area contributed by atoms with E-state index >= 15 is 0 Å². The van der Waals surface area contributed by atoms with E-state index in [9.17, 15) is 0 Å². The number of benzene rings is 1. The number of unbranched alkanes of at least 4 members (excludes halogenated alkanes) is 6. The molecule has 36 heavy (non-hydrogen) atoms. The topological polar surface area (TPSA) is 74.0 Å². The lowest BCUT2D eigenvalue weighted by Crippen LogP contribution is -2.40. The highest BCUT2D eigenvalue weighted by Gasteiger charge is 2.22. The van der Waals surface area contributed by atoms with E-state index in [1.807, 2.05) is 0 Å². The van der Waals surface area contributed by atoms with Gasteiger partial charge in [0.05, 0.1) is 0 Å². The zero-order chi connectivity index (χ0) is 27.1. The Morgan fingerprint density at radius 2 is 1.36 bits per heavy atom. The van der Waals surface area contributed by atoms with Gasteiger partial charge in [-0.1, -0.05) is 87.6 Å². The van der Waals surface area contributed by atoms with Gasteiger partial charge in [0.25, 0.3) is 5.97 Å². The molecular weight excluding hydrogens is 446 g/mol. The third-order valence-electron chi connectivity index (χ3n) is 4.77. The second-order valence-electron chi connectivity index (χ2n) is 8.79. The van der Waals surface area contributed by atoms with Gasteiger partial charge < -0.3 is 10.4 Å². The standard InChI is InChI=1S/C21H33N3.C8H6.C2H4O2/c1-4-5-6-7-8-9-13-16-19-22-20(24-21(2,3)23-19)17-18-14-11-10-12-15-18;1-3-5-7-8-6-4-2;1-2(3)4/h10-12,14-15H,4-9,13,16-17H2,1-3H3,(H,22,23,24);1-2H3;1H3,(H,3,4). The molecule has 1 aromatic carbocycles. The van der Waals surface area contributed by atoms with Crippen molar-refractivity contribution in [1.29, 1.82) is 0 Å². The summed E-state index contributed by atoms with van der Waals surface area (Å²) in [5.41, 5.74) is 0.947. The molecule has 0 spiro atoms. The highest BCUT2D eigenvalue weighted by molar-refractivity contribution is 6.03. The van der Waals surface area contributed by atoms with Crippen LogP contribution in [0, 0.1) is 35.5 Å². The van der Waals surface area contributed by atoms with E-state index in [0.717, 1.165) is 31.4 Å². The number of carboxylic acid groups (broad SMARTS) is 1. The summed E-state index contributed by atoms with van der Waals surface area (Å²) in [4.78, 5) is 18.5. The molecule has 0 bridgehead atoms. The number of hydrogen-bond donors (Lipinski definition) is 2. The third-order valence-corrected chi connectivity index (χ3v) is 4.77. The van der Waals surface area contributed by atoms with E-state index in [-0.39, 0.29) is 5.66 Å². The minimum absolute atomic E-state index is 0.341. The van der Waals surface area contributed by atoms with Gasteiger partial charge in [-0.3, -0.25) is 4.79 Å². The number of aliphatic carboxylic acids is 1. The molecular formula is C31H43N3O2. The molecule has 0 radical (unpaired) electrons. The Morgan fingerprint density at radius 3 is 1.89 bits per heavy atom. The van der Waals surface area contributed by atoms with Crippen molar-refractivity contribution in [2.24, 2.45) is 9.98 Å². The molecule has 0 atom stereocenters. The van der Waals surface area contributed by atoms with E-state index in [4.69, 9.17) is 19.9 Å². The van der Waals surface area contributed by atoms with Crippen LogP contribution in [-0.2, 0) is 11.2 Å². The SMILES string of the molecule is CC#CC#CC#CC.CC(=O)O.CCCCCCCCCC1=NC(C)(C)N=C(Cc2ccccc2)N1. The molecule has 0 saturated heterocycles. The van der Waals surface area contributed by atoms with E-state index in [0.29, 0.717) is 0 Å². The lowest BCUT2D eigenvalue weighted by atomic mass is 10.1. The summed E-state index contributed by atoms with van der Waals surface area (Å²) in [6.45, 7) is 11.0. The second-order valence-corrected chi connectivity index (χ2v) is 8.79. The summed E-state index contributed by atoms with van der Waals surface area (Å²) in [6, 6.07) is 10.5. The molecule has 1 aromatic rings. The van der Waals surface area contributed by atoms with Gasteiger partial charge in [0.1, 0.15) is 17.3 Å². The fourth-order valence-electron chi connectivity index (χ4n) is 3.34. The fourth-order valence-corrected chi connectivity index (χ4v) is 3.34. The number of carbonyl (C=O) groups is 1. The number of amidine groups is 2. The van der Waals surface area contributed by atoms with Gasteiger partial charge >= 0.3 is 0 Å². The van der Waals surface area contributed by atoms with E-state index < -0.39 is 5.97 Å². The van der Waals surface area contributed by atoms with E-state index in [1.54, 1.807) is 13.8 Å². The predicted octanol–water partition coefficient (Wildman–Crippen LogP) is 6.63. The third kappa shape index (κ3) is 19.9. The lowest BCUT2D eigenvalue weighted by molar-refractivity contribution is -0.134. The molecule has 5 heteroatoms. The molecule has 2 rings (SSSR count). The number of aliphatic imine (C=N–C) groups is 2. The summed E-state index contributed by atoms with van der Waals surface area (Å²) in [5, 5.41) is 10.9. The molecule has 1 aliphatic heterocycles. The monoisotopic (exact) mass is 489 g/mol. The minimum atomic E-state index is -0.833. The van der Waals surface area contributed by atoms with E-state index in [1.165, 1.54) is 50.5 Å². The molecule has 0 unspecified atom stereocenters. The zero-order valence-electron chi connectivity index (χ0n) is 23.0. The Kier molecular flexibility index (Phi) is 18.8. The van der Waals surface area contributed by atoms with Crippen LogP contribution in [-0.4, -0.2) is 28.4 Å². The van der Waals surface area contributed by atoms with Gasteiger partial charge in [-0.2, -0.15) is 0 Å². The number of carboxylic acids is 1. The summed E-state index contributed by atoms with van der Waals surface area (Å²) in [6.07, 6.45) is 11.2. The highest BCUT2D eigenvalue weighted by Crippen LogP contribution is 2.18. The van der Waals surface area contributed by atoms with Crippen molar-refractivity contribution in [3.8, 4) is 35.5 Å². The first kappa shape index (κ1) is 32.5. The first-order chi connectivity index (χ1) is 17.2. The minimum Gasteiger partial charge on any atom is -0.481 e. The van der Waals surface area contributed by atoms with Crippen molar-refractivity contribution in [3.63, 3.8) is 0 Å². The molecule has 1 aliphatic rings. The predicted molar refractivity (Wildman–Crippen MR) is 153 cm³/mol. The molecule has 0 aromatic heterocycles. The largest absolute Gasteiger partial charge is 0.481 e. The summed E-state index contributed by atoms with van der Waals surface area (Å²) in [5.74, 6) is 16.8. The molecule has 0 aliphatic carbocycles. The maximum atomic E-state index is 9.00. The van der Waals surface area contributed by atoms with Gasteiger partial charge in [-0.25, -0.2) is 9.98 Å². The van der Waals surface area contributed by atoms with Crippen LogP contribution in [0.5, 0.6) is 0 Å².